The van der Waals surface area contributed by atoms with E-state index in [1.54, 1.807) is 24.3 Å². The van der Waals surface area contributed by atoms with E-state index in [0.717, 1.165) is 29.5 Å². The van der Waals surface area contributed by atoms with E-state index in [9.17, 15) is 13.2 Å². The molecule has 0 radical (unpaired) electrons. The van der Waals surface area contributed by atoms with Crippen molar-refractivity contribution < 1.29 is 13.2 Å². The number of anilines is 1. The molecule has 0 aliphatic heterocycles. The maximum Gasteiger partial charge on any atom is 0.251 e. The quantitative estimate of drug-likeness (QED) is 0.541. The van der Waals surface area contributed by atoms with Gasteiger partial charge in [-0.05, 0) is 79.6 Å². The van der Waals surface area contributed by atoms with E-state index in [4.69, 9.17) is 0 Å². The van der Waals surface area contributed by atoms with Crippen LogP contribution in [0.5, 0.6) is 0 Å². The predicted octanol–water partition coefficient (Wildman–Crippen LogP) is 4.94. The Hall–Kier alpha value is -3.12. The first-order valence-corrected chi connectivity index (χ1v) is 13.1. The molecule has 0 saturated heterocycles. The van der Waals surface area contributed by atoms with Gasteiger partial charge in [0.15, 0.2) is 0 Å². The van der Waals surface area contributed by atoms with Gasteiger partial charge in [-0.1, -0.05) is 48.0 Å². The van der Waals surface area contributed by atoms with E-state index in [1.807, 2.05) is 38.1 Å². The summed E-state index contributed by atoms with van der Waals surface area (Å²) in [5.41, 5.74) is 6.94. The summed E-state index contributed by atoms with van der Waals surface area (Å²) < 4.78 is 26.3. The Morgan fingerprint density at radius 2 is 1.64 bits per heavy atom. The van der Waals surface area contributed by atoms with Crippen molar-refractivity contribution in [3.8, 4) is 0 Å². The van der Waals surface area contributed by atoms with Gasteiger partial charge in [0, 0.05) is 5.56 Å². The van der Waals surface area contributed by atoms with Crippen LogP contribution in [0.15, 0.2) is 66.7 Å². The molecule has 4 rings (SSSR count). The van der Waals surface area contributed by atoms with Crippen LogP contribution in [0.25, 0.3) is 0 Å². The van der Waals surface area contributed by atoms with Crippen LogP contribution in [0.2, 0.25) is 0 Å². The second kappa shape index (κ2) is 9.40. The van der Waals surface area contributed by atoms with Crippen molar-refractivity contribution in [3.63, 3.8) is 0 Å². The van der Waals surface area contributed by atoms with Crippen LogP contribution in [0.1, 0.15) is 57.6 Å². The molecule has 0 fully saturated rings. The zero-order valence-electron chi connectivity index (χ0n) is 19.3. The molecule has 0 heterocycles. The Bertz CT molecular complexity index is 1250. The van der Waals surface area contributed by atoms with Gasteiger partial charge in [0.2, 0.25) is 10.0 Å². The number of nitrogens with one attached hydrogen (secondary N) is 1. The molecule has 33 heavy (non-hydrogen) atoms. The number of aryl methyl sites for hydroxylation is 3. The summed E-state index contributed by atoms with van der Waals surface area (Å²) in [6, 6.07) is 20.8. The van der Waals surface area contributed by atoms with E-state index in [2.05, 4.69) is 23.5 Å². The summed E-state index contributed by atoms with van der Waals surface area (Å²) in [6.45, 7) is 4.21. The van der Waals surface area contributed by atoms with Crippen molar-refractivity contribution in [2.75, 3.05) is 10.6 Å². The van der Waals surface area contributed by atoms with Crippen LogP contribution in [-0.2, 0) is 29.4 Å². The molecule has 1 aliphatic carbocycles. The van der Waals surface area contributed by atoms with Crippen LogP contribution < -0.4 is 9.62 Å². The van der Waals surface area contributed by atoms with Gasteiger partial charge in [0.25, 0.3) is 5.91 Å². The van der Waals surface area contributed by atoms with Crippen molar-refractivity contribution in [2.45, 2.75) is 45.7 Å². The molecule has 0 saturated carbocycles. The van der Waals surface area contributed by atoms with Gasteiger partial charge in [-0.15, -0.1) is 0 Å². The molecule has 0 spiro atoms. The molecule has 0 aromatic heterocycles. The van der Waals surface area contributed by atoms with E-state index in [1.165, 1.54) is 28.1 Å². The minimum atomic E-state index is -3.49. The fourth-order valence-electron chi connectivity index (χ4n) is 4.26. The van der Waals surface area contributed by atoms with Crippen LogP contribution in [0.3, 0.4) is 0 Å². The van der Waals surface area contributed by atoms with Crippen LogP contribution in [-0.4, -0.2) is 20.6 Å². The first kappa shape index (κ1) is 23.1. The number of carbonyl (C=O) groups is 1. The van der Waals surface area contributed by atoms with Crippen molar-refractivity contribution in [1.82, 2.24) is 5.32 Å². The van der Waals surface area contributed by atoms with Gasteiger partial charge in [-0.3, -0.25) is 9.10 Å². The summed E-state index contributed by atoms with van der Waals surface area (Å²) in [4.78, 5) is 12.8. The average Bonchev–Trinajstić information content (AvgIpc) is 3.26. The molecule has 0 bridgehead atoms. The maximum atomic E-state index is 12.8. The monoisotopic (exact) mass is 462 g/mol. The molecule has 1 unspecified atom stereocenters. The minimum absolute atomic E-state index is 0.114. The molecule has 1 atom stereocenters. The predicted molar refractivity (Wildman–Crippen MR) is 133 cm³/mol. The van der Waals surface area contributed by atoms with Crippen molar-refractivity contribution in [1.29, 1.82) is 0 Å². The molecular formula is C27H30N2O3S. The SMILES string of the molecule is Cc1ccc(CN(c2ccc(C(=O)NC(C)c3ccc4c(c3)CCC4)cc2)S(C)(=O)=O)cc1. The summed E-state index contributed by atoms with van der Waals surface area (Å²) >= 11 is 0. The van der Waals surface area contributed by atoms with E-state index in [0.29, 0.717) is 11.3 Å². The fourth-order valence-corrected chi connectivity index (χ4v) is 5.15. The van der Waals surface area contributed by atoms with Crippen molar-refractivity contribution in [2.24, 2.45) is 0 Å². The van der Waals surface area contributed by atoms with Crippen LogP contribution >= 0.6 is 0 Å². The van der Waals surface area contributed by atoms with Crippen LogP contribution in [0, 0.1) is 6.92 Å². The molecule has 5 nitrogen and oxygen atoms in total. The highest BCUT2D eigenvalue weighted by molar-refractivity contribution is 7.92. The van der Waals surface area contributed by atoms with Gasteiger partial charge in [0.1, 0.15) is 0 Å². The number of sulfonamides is 1. The second-order valence-electron chi connectivity index (χ2n) is 8.88. The summed E-state index contributed by atoms with van der Waals surface area (Å²) in [5, 5.41) is 3.06. The highest BCUT2D eigenvalue weighted by atomic mass is 32.2. The maximum absolute atomic E-state index is 12.8. The van der Waals surface area contributed by atoms with E-state index < -0.39 is 10.0 Å². The van der Waals surface area contributed by atoms with E-state index in [-0.39, 0.29) is 18.5 Å². The first-order valence-electron chi connectivity index (χ1n) is 11.3. The lowest BCUT2D eigenvalue weighted by Gasteiger charge is -2.23. The van der Waals surface area contributed by atoms with E-state index >= 15 is 0 Å². The minimum Gasteiger partial charge on any atom is -0.346 e. The Morgan fingerprint density at radius 3 is 2.30 bits per heavy atom. The number of amides is 1. The van der Waals surface area contributed by atoms with Crippen LogP contribution in [0.4, 0.5) is 5.69 Å². The third-order valence-electron chi connectivity index (χ3n) is 6.23. The molecule has 3 aromatic rings. The third kappa shape index (κ3) is 5.45. The fraction of sp³-hybridized carbons (Fsp3) is 0.296. The molecule has 3 aromatic carbocycles. The lowest BCUT2D eigenvalue weighted by molar-refractivity contribution is 0.0940. The van der Waals surface area contributed by atoms with Crippen molar-refractivity contribution >= 4 is 21.6 Å². The Labute approximate surface area is 196 Å². The van der Waals surface area contributed by atoms with Gasteiger partial charge < -0.3 is 5.32 Å². The Morgan fingerprint density at radius 1 is 0.970 bits per heavy atom. The molecule has 1 aliphatic rings. The zero-order chi connectivity index (χ0) is 23.6. The standard InChI is InChI=1S/C27H30N2O3S/c1-19-7-9-21(10-8-19)18-29(33(3,31)32)26-15-13-23(14-16-26)27(30)28-20(2)24-12-11-22-5-4-6-25(22)17-24/h7-17,20H,4-6,18H2,1-3H3,(H,28,30). The molecule has 1 N–H and O–H groups in total. The summed E-state index contributed by atoms with van der Waals surface area (Å²) in [5.74, 6) is -0.181. The first-order chi connectivity index (χ1) is 15.7. The zero-order valence-corrected chi connectivity index (χ0v) is 20.2. The second-order valence-corrected chi connectivity index (χ2v) is 10.8. The number of benzene rings is 3. The lowest BCUT2D eigenvalue weighted by atomic mass is 10.0. The molecule has 172 valence electrons. The van der Waals surface area contributed by atoms with Gasteiger partial charge >= 0.3 is 0 Å². The highest BCUT2D eigenvalue weighted by Gasteiger charge is 2.19. The number of rotatable bonds is 7. The average molecular weight is 463 g/mol. The topological polar surface area (TPSA) is 66.5 Å². The van der Waals surface area contributed by atoms with Gasteiger partial charge in [0.05, 0.1) is 24.5 Å². The van der Waals surface area contributed by atoms with Gasteiger partial charge in [-0.25, -0.2) is 8.42 Å². The number of hydrogen-bond acceptors (Lipinski definition) is 3. The molecule has 1 amide bonds. The normalized spacial score (nSPS) is 13.9. The van der Waals surface area contributed by atoms with Crippen molar-refractivity contribution in [3.05, 3.63) is 100 Å². The smallest absolute Gasteiger partial charge is 0.251 e. The number of fused-ring (bicyclic) bond motifs is 1. The third-order valence-corrected chi connectivity index (χ3v) is 7.38. The lowest BCUT2D eigenvalue weighted by Crippen LogP contribution is -2.29. The largest absolute Gasteiger partial charge is 0.346 e. The van der Waals surface area contributed by atoms with Gasteiger partial charge in [-0.2, -0.15) is 0 Å². The Kier molecular flexibility index (Phi) is 6.56. The summed E-state index contributed by atoms with van der Waals surface area (Å²) in [6.07, 6.45) is 4.63. The Balaban J connectivity index is 1.47. The molecule has 6 heteroatoms. The highest BCUT2D eigenvalue weighted by Crippen LogP contribution is 2.26. The number of nitrogens with zero attached hydrogens (tertiary/aromatic N) is 1. The number of carbonyl (C=O) groups excluding carboxylic acids is 1. The molecular weight excluding hydrogens is 432 g/mol. The number of hydrogen-bond donors (Lipinski definition) is 1. The summed E-state index contributed by atoms with van der Waals surface area (Å²) in [7, 11) is -3.49.